The SMILES string of the molecule is COc1ccc(-c2csc(NC(=S)NC(=O)c3ccccc3OC)n2)cc1Br. The summed E-state index contributed by atoms with van der Waals surface area (Å²) >= 11 is 10.1. The zero-order chi connectivity index (χ0) is 20.1. The van der Waals surface area contributed by atoms with E-state index in [4.69, 9.17) is 21.7 Å². The summed E-state index contributed by atoms with van der Waals surface area (Å²) in [5.74, 6) is 0.868. The highest BCUT2D eigenvalue weighted by Crippen LogP contribution is 2.32. The van der Waals surface area contributed by atoms with Gasteiger partial charge in [0, 0.05) is 10.9 Å². The molecule has 0 fully saturated rings. The van der Waals surface area contributed by atoms with Gasteiger partial charge in [0.2, 0.25) is 0 Å². The summed E-state index contributed by atoms with van der Waals surface area (Å²) in [4.78, 5) is 16.9. The molecule has 3 aromatic rings. The standard InChI is InChI=1S/C19H16BrN3O3S2/c1-25-15-6-4-3-5-12(15)17(24)22-18(27)23-19-21-14(10-28-19)11-7-8-16(26-2)13(20)9-11/h3-10H,1-2H3,(H2,21,22,23,24,27). The number of thiazole rings is 1. The number of hydrogen-bond donors (Lipinski definition) is 2. The molecule has 144 valence electrons. The van der Waals surface area contributed by atoms with Crippen molar-refractivity contribution in [3.05, 3.63) is 57.9 Å². The summed E-state index contributed by atoms with van der Waals surface area (Å²) in [5, 5.41) is 8.21. The van der Waals surface area contributed by atoms with Crippen molar-refractivity contribution in [3.8, 4) is 22.8 Å². The number of nitrogens with one attached hydrogen (secondary N) is 2. The molecular weight excluding hydrogens is 462 g/mol. The van der Waals surface area contributed by atoms with Crippen LogP contribution in [0.2, 0.25) is 0 Å². The van der Waals surface area contributed by atoms with E-state index in [9.17, 15) is 4.79 Å². The van der Waals surface area contributed by atoms with Crippen LogP contribution in [-0.4, -0.2) is 30.2 Å². The van der Waals surface area contributed by atoms with Gasteiger partial charge in [0.25, 0.3) is 5.91 Å². The number of aromatic nitrogens is 1. The summed E-state index contributed by atoms with van der Waals surface area (Å²) in [6.07, 6.45) is 0. The molecule has 0 aliphatic rings. The number of para-hydroxylation sites is 1. The molecule has 0 spiro atoms. The van der Waals surface area contributed by atoms with Crippen molar-refractivity contribution in [1.82, 2.24) is 10.3 Å². The van der Waals surface area contributed by atoms with E-state index in [1.807, 2.05) is 23.6 Å². The number of thiocarbonyl (C=S) groups is 1. The van der Waals surface area contributed by atoms with E-state index in [2.05, 4.69) is 31.5 Å². The van der Waals surface area contributed by atoms with Gasteiger partial charge >= 0.3 is 0 Å². The molecule has 28 heavy (non-hydrogen) atoms. The average molecular weight is 478 g/mol. The third kappa shape index (κ3) is 4.67. The molecule has 0 aliphatic carbocycles. The second kappa shape index (κ2) is 9.13. The highest BCUT2D eigenvalue weighted by Gasteiger charge is 2.14. The van der Waals surface area contributed by atoms with Crippen molar-refractivity contribution < 1.29 is 14.3 Å². The quantitative estimate of drug-likeness (QED) is 0.518. The molecule has 2 aromatic carbocycles. The fraction of sp³-hybridized carbons (Fsp3) is 0.105. The molecule has 0 aliphatic heterocycles. The number of benzene rings is 2. The molecule has 2 N–H and O–H groups in total. The predicted molar refractivity (Wildman–Crippen MR) is 118 cm³/mol. The smallest absolute Gasteiger partial charge is 0.261 e. The molecular formula is C19H16BrN3O3S2. The number of anilines is 1. The van der Waals surface area contributed by atoms with Crippen LogP contribution in [0.4, 0.5) is 5.13 Å². The first-order valence-electron chi connectivity index (χ1n) is 8.06. The van der Waals surface area contributed by atoms with Crippen molar-refractivity contribution >= 4 is 55.6 Å². The molecule has 0 saturated carbocycles. The first-order valence-corrected chi connectivity index (χ1v) is 10.1. The number of hydrogen-bond acceptors (Lipinski definition) is 6. The van der Waals surface area contributed by atoms with E-state index in [1.165, 1.54) is 18.4 Å². The molecule has 0 saturated heterocycles. The predicted octanol–water partition coefficient (Wildman–Crippen LogP) is 4.72. The maximum absolute atomic E-state index is 12.4. The molecule has 0 bridgehead atoms. The molecule has 3 rings (SSSR count). The molecule has 1 amide bonds. The highest BCUT2D eigenvalue weighted by molar-refractivity contribution is 9.10. The zero-order valence-electron chi connectivity index (χ0n) is 15.0. The Hall–Kier alpha value is -2.49. The van der Waals surface area contributed by atoms with E-state index in [0.29, 0.717) is 16.4 Å². The van der Waals surface area contributed by atoms with Gasteiger partial charge in [-0.05, 0) is 58.5 Å². The molecule has 1 aromatic heterocycles. The van der Waals surface area contributed by atoms with E-state index in [1.54, 1.807) is 31.4 Å². The number of carbonyl (C=O) groups excluding carboxylic acids is 1. The largest absolute Gasteiger partial charge is 0.496 e. The van der Waals surface area contributed by atoms with Crippen molar-refractivity contribution in [3.63, 3.8) is 0 Å². The Labute approximate surface area is 180 Å². The van der Waals surface area contributed by atoms with Crippen LogP contribution in [-0.2, 0) is 0 Å². The summed E-state index contributed by atoms with van der Waals surface area (Å²) in [7, 11) is 3.13. The maximum Gasteiger partial charge on any atom is 0.261 e. The lowest BCUT2D eigenvalue weighted by Crippen LogP contribution is -2.34. The number of nitrogens with zero attached hydrogens (tertiary/aromatic N) is 1. The summed E-state index contributed by atoms with van der Waals surface area (Å²) in [6, 6.07) is 12.6. The molecule has 6 nitrogen and oxygen atoms in total. The lowest BCUT2D eigenvalue weighted by atomic mass is 10.2. The second-order valence-corrected chi connectivity index (χ2v) is 7.62. The van der Waals surface area contributed by atoms with E-state index in [0.717, 1.165) is 21.5 Å². The van der Waals surface area contributed by atoms with Crippen molar-refractivity contribution in [2.75, 3.05) is 19.5 Å². The lowest BCUT2D eigenvalue weighted by Gasteiger charge is -2.10. The topological polar surface area (TPSA) is 72.5 Å². The van der Waals surface area contributed by atoms with Crippen molar-refractivity contribution in [2.24, 2.45) is 0 Å². The molecule has 0 unspecified atom stereocenters. The van der Waals surface area contributed by atoms with E-state index >= 15 is 0 Å². The molecule has 0 atom stereocenters. The molecule has 9 heteroatoms. The molecule has 1 heterocycles. The van der Waals surface area contributed by atoms with Gasteiger partial charge in [-0.1, -0.05) is 12.1 Å². The number of methoxy groups -OCH3 is 2. The lowest BCUT2D eigenvalue weighted by molar-refractivity contribution is 0.0975. The minimum atomic E-state index is -0.356. The third-order valence-electron chi connectivity index (χ3n) is 3.75. The summed E-state index contributed by atoms with van der Waals surface area (Å²) in [6.45, 7) is 0. The summed E-state index contributed by atoms with van der Waals surface area (Å²) in [5.41, 5.74) is 2.12. The van der Waals surface area contributed by atoms with Crippen molar-refractivity contribution in [2.45, 2.75) is 0 Å². The van der Waals surface area contributed by atoms with Crippen LogP contribution in [0.3, 0.4) is 0 Å². The third-order valence-corrected chi connectivity index (χ3v) is 5.33. The van der Waals surface area contributed by atoms with Gasteiger partial charge in [0.05, 0.1) is 29.9 Å². The summed E-state index contributed by atoms with van der Waals surface area (Å²) < 4.78 is 11.3. The van der Waals surface area contributed by atoms with E-state index < -0.39 is 0 Å². The zero-order valence-corrected chi connectivity index (χ0v) is 18.2. The van der Waals surface area contributed by atoms with Crippen LogP contribution >= 0.6 is 39.5 Å². The second-order valence-electron chi connectivity index (χ2n) is 5.50. The van der Waals surface area contributed by atoms with Crippen LogP contribution in [0.1, 0.15) is 10.4 Å². The number of rotatable bonds is 5. The minimum absolute atomic E-state index is 0.160. The van der Waals surface area contributed by atoms with Crippen LogP contribution in [0, 0.1) is 0 Å². The normalized spacial score (nSPS) is 10.2. The first kappa shape index (κ1) is 20.2. The average Bonchev–Trinajstić information content (AvgIpc) is 3.16. The van der Waals surface area contributed by atoms with Gasteiger partial charge in [-0.3, -0.25) is 10.1 Å². The highest BCUT2D eigenvalue weighted by atomic mass is 79.9. The van der Waals surface area contributed by atoms with Crippen LogP contribution in [0.15, 0.2) is 52.3 Å². The van der Waals surface area contributed by atoms with Gasteiger partial charge in [-0.2, -0.15) is 0 Å². The first-order chi connectivity index (χ1) is 13.5. The number of amides is 1. The van der Waals surface area contributed by atoms with Crippen LogP contribution < -0.4 is 20.1 Å². The Morgan fingerprint density at radius 1 is 1.14 bits per heavy atom. The molecule has 0 radical (unpaired) electrons. The fourth-order valence-electron chi connectivity index (χ4n) is 2.42. The monoisotopic (exact) mass is 477 g/mol. The number of ether oxygens (including phenoxy) is 2. The van der Waals surface area contributed by atoms with Gasteiger partial charge in [-0.15, -0.1) is 11.3 Å². The Morgan fingerprint density at radius 2 is 1.89 bits per heavy atom. The Balaban J connectivity index is 1.67. The van der Waals surface area contributed by atoms with Gasteiger partial charge < -0.3 is 14.8 Å². The van der Waals surface area contributed by atoms with Gasteiger partial charge in [-0.25, -0.2) is 4.98 Å². The minimum Gasteiger partial charge on any atom is -0.496 e. The van der Waals surface area contributed by atoms with E-state index in [-0.39, 0.29) is 11.0 Å². The Morgan fingerprint density at radius 3 is 2.61 bits per heavy atom. The van der Waals surface area contributed by atoms with Gasteiger partial charge in [0.1, 0.15) is 11.5 Å². The number of carbonyl (C=O) groups is 1. The maximum atomic E-state index is 12.4. The van der Waals surface area contributed by atoms with Crippen LogP contribution in [0.5, 0.6) is 11.5 Å². The van der Waals surface area contributed by atoms with Crippen molar-refractivity contribution in [1.29, 1.82) is 0 Å². The number of halogens is 1. The Kier molecular flexibility index (Phi) is 6.61. The van der Waals surface area contributed by atoms with Gasteiger partial charge in [0.15, 0.2) is 10.2 Å². The fourth-order valence-corrected chi connectivity index (χ4v) is 3.94. The van der Waals surface area contributed by atoms with Crippen LogP contribution in [0.25, 0.3) is 11.3 Å². The Bertz CT molecular complexity index is 1020.